The lowest BCUT2D eigenvalue weighted by Gasteiger charge is -2.42. The molecule has 1 aliphatic rings. The van der Waals surface area contributed by atoms with E-state index in [2.05, 4.69) is 44.1 Å². The van der Waals surface area contributed by atoms with Crippen molar-refractivity contribution in [3.63, 3.8) is 0 Å². The van der Waals surface area contributed by atoms with E-state index in [4.69, 9.17) is 9.88 Å². The van der Waals surface area contributed by atoms with E-state index in [-0.39, 0.29) is 10.9 Å². The maximum atomic E-state index is 11.6. The summed E-state index contributed by atoms with van der Waals surface area (Å²) >= 11 is 0. The quantitative estimate of drug-likeness (QED) is 0.584. The van der Waals surface area contributed by atoms with Crippen LogP contribution in [-0.4, -0.2) is 51.2 Å². The average molecular weight is 455 g/mol. The summed E-state index contributed by atoms with van der Waals surface area (Å²) in [5, 5.41) is 8.29. The first-order valence-corrected chi connectivity index (χ1v) is 11.8. The van der Waals surface area contributed by atoms with Crippen LogP contribution in [0.4, 0.5) is 23.1 Å². The molecule has 0 spiro atoms. The lowest BCUT2D eigenvalue weighted by molar-refractivity contribution is 0.408. The molecule has 1 atom stereocenters. The number of hydrogen-bond acceptors (Lipinski definition) is 8. The summed E-state index contributed by atoms with van der Waals surface area (Å²) in [4.78, 5) is 13.5. The molecule has 168 valence electrons. The number of hydrogen-bond donors (Lipinski definition) is 2. The number of piperazine rings is 1. The van der Waals surface area contributed by atoms with E-state index in [1.54, 1.807) is 25.4 Å². The van der Waals surface area contributed by atoms with Gasteiger partial charge in [-0.2, -0.15) is 4.98 Å². The van der Waals surface area contributed by atoms with Crippen LogP contribution in [0.25, 0.3) is 0 Å². The third kappa shape index (κ3) is 4.76. The van der Waals surface area contributed by atoms with Crippen LogP contribution in [0.2, 0.25) is 0 Å². The van der Waals surface area contributed by atoms with Crippen molar-refractivity contribution >= 4 is 33.2 Å². The van der Waals surface area contributed by atoms with Gasteiger partial charge in [0, 0.05) is 37.1 Å². The standard InChI is InChI=1S/C22H26N6O3S/c1-16-15-27(11-12-28(16)18-8-4-3-5-9-18)21-20(31-2)14-24-22(26-21)25-17-7-6-10-19(13-17)32(23,29)30/h3-10,13-14,16H,11-12,15H2,1-2H3,(H2,23,29,30)(H,24,25,26). The lowest BCUT2D eigenvalue weighted by atomic mass is 10.1. The second-order valence-electron chi connectivity index (χ2n) is 7.61. The van der Waals surface area contributed by atoms with Crippen LogP contribution < -0.4 is 25.0 Å². The van der Waals surface area contributed by atoms with Crippen molar-refractivity contribution in [2.75, 3.05) is 41.9 Å². The van der Waals surface area contributed by atoms with Crippen molar-refractivity contribution in [3.05, 3.63) is 60.8 Å². The van der Waals surface area contributed by atoms with Gasteiger partial charge in [0.15, 0.2) is 11.6 Å². The van der Waals surface area contributed by atoms with Gasteiger partial charge in [-0.3, -0.25) is 0 Å². The van der Waals surface area contributed by atoms with Gasteiger partial charge >= 0.3 is 0 Å². The number of rotatable bonds is 6. The second kappa shape index (κ2) is 9.01. The van der Waals surface area contributed by atoms with E-state index in [1.807, 2.05) is 18.2 Å². The Kier molecular flexibility index (Phi) is 6.15. The summed E-state index contributed by atoms with van der Waals surface area (Å²) < 4.78 is 28.8. The molecule has 2 aromatic carbocycles. The number of sulfonamides is 1. The smallest absolute Gasteiger partial charge is 0.238 e. The molecule has 3 aromatic rings. The zero-order valence-electron chi connectivity index (χ0n) is 18.0. The van der Waals surface area contributed by atoms with Gasteiger partial charge in [-0.1, -0.05) is 24.3 Å². The molecular weight excluding hydrogens is 428 g/mol. The number of nitrogens with one attached hydrogen (secondary N) is 1. The van der Waals surface area contributed by atoms with Gasteiger partial charge < -0.3 is 19.9 Å². The minimum atomic E-state index is -3.80. The average Bonchev–Trinajstić information content (AvgIpc) is 2.79. The number of para-hydroxylation sites is 1. The molecular formula is C22H26N6O3S. The molecule has 2 heterocycles. The fraction of sp³-hybridized carbons (Fsp3) is 0.273. The number of anilines is 4. The molecule has 0 amide bonds. The zero-order chi connectivity index (χ0) is 22.7. The van der Waals surface area contributed by atoms with Crippen molar-refractivity contribution in [2.24, 2.45) is 5.14 Å². The third-order valence-corrected chi connectivity index (χ3v) is 6.30. The number of nitrogens with two attached hydrogens (primary N) is 1. The number of benzene rings is 2. The second-order valence-corrected chi connectivity index (χ2v) is 9.17. The molecule has 0 radical (unpaired) electrons. The van der Waals surface area contributed by atoms with E-state index in [9.17, 15) is 8.42 Å². The van der Waals surface area contributed by atoms with Crippen LogP contribution in [0, 0.1) is 0 Å². The van der Waals surface area contributed by atoms with Gasteiger partial charge in [0.2, 0.25) is 16.0 Å². The van der Waals surface area contributed by atoms with Crippen LogP contribution in [0.3, 0.4) is 0 Å². The zero-order valence-corrected chi connectivity index (χ0v) is 18.8. The summed E-state index contributed by atoms with van der Waals surface area (Å²) in [5.41, 5.74) is 1.72. The van der Waals surface area contributed by atoms with Gasteiger partial charge in [-0.25, -0.2) is 18.5 Å². The number of methoxy groups -OCH3 is 1. The minimum Gasteiger partial charge on any atom is -0.491 e. The Morgan fingerprint density at radius 3 is 2.59 bits per heavy atom. The minimum absolute atomic E-state index is 0.0158. The monoisotopic (exact) mass is 454 g/mol. The number of aromatic nitrogens is 2. The third-order valence-electron chi connectivity index (χ3n) is 5.39. The van der Waals surface area contributed by atoms with Crippen molar-refractivity contribution < 1.29 is 13.2 Å². The fourth-order valence-corrected chi connectivity index (χ4v) is 4.39. The van der Waals surface area contributed by atoms with Crippen LogP contribution in [-0.2, 0) is 10.0 Å². The first-order chi connectivity index (χ1) is 15.3. The largest absolute Gasteiger partial charge is 0.491 e. The topological polar surface area (TPSA) is 114 Å². The lowest BCUT2D eigenvalue weighted by Crippen LogP contribution is -2.52. The molecule has 1 saturated heterocycles. The Morgan fingerprint density at radius 2 is 1.91 bits per heavy atom. The SMILES string of the molecule is COc1cnc(Nc2cccc(S(N)(=O)=O)c2)nc1N1CCN(c2ccccc2)C(C)C1. The normalized spacial score (nSPS) is 16.7. The summed E-state index contributed by atoms with van der Waals surface area (Å²) in [5.74, 6) is 1.60. The first kappa shape index (κ1) is 21.8. The Balaban J connectivity index is 1.56. The van der Waals surface area contributed by atoms with Gasteiger partial charge in [0.25, 0.3) is 0 Å². The molecule has 1 aromatic heterocycles. The Labute approximate surface area is 187 Å². The van der Waals surface area contributed by atoms with Crippen LogP contribution in [0.15, 0.2) is 65.7 Å². The molecule has 1 unspecified atom stereocenters. The van der Waals surface area contributed by atoms with Crippen molar-refractivity contribution in [3.8, 4) is 5.75 Å². The van der Waals surface area contributed by atoms with E-state index in [0.717, 1.165) is 19.6 Å². The summed E-state index contributed by atoms with van der Waals surface area (Å²) in [6, 6.07) is 16.8. The summed E-state index contributed by atoms with van der Waals surface area (Å²) in [6.45, 7) is 4.57. The summed E-state index contributed by atoms with van der Waals surface area (Å²) in [6.07, 6.45) is 1.61. The molecule has 0 bridgehead atoms. The predicted octanol–water partition coefficient (Wildman–Crippen LogP) is 2.59. The Hall–Kier alpha value is -3.37. The maximum absolute atomic E-state index is 11.6. The number of primary sulfonamides is 1. The fourth-order valence-electron chi connectivity index (χ4n) is 3.83. The van der Waals surface area contributed by atoms with E-state index >= 15 is 0 Å². The number of nitrogens with zero attached hydrogens (tertiary/aromatic N) is 4. The van der Waals surface area contributed by atoms with Gasteiger partial charge in [0.1, 0.15) is 0 Å². The van der Waals surface area contributed by atoms with Crippen LogP contribution >= 0.6 is 0 Å². The van der Waals surface area contributed by atoms with E-state index in [1.165, 1.54) is 17.8 Å². The molecule has 32 heavy (non-hydrogen) atoms. The maximum Gasteiger partial charge on any atom is 0.238 e. The van der Waals surface area contributed by atoms with Gasteiger partial charge in [-0.15, -0.1) is 0 Å². The first-order valence-electron chi connectivity index (χ1n) is 10.2. The van der Waals surface area contributed by atoms with Crippen LogP contribution in [0.1, 0.15) is 6.92 Å². The summed E-state index contributed by atoms with van der Waals surface area (Å²) in [7, 11) is -2.21. The molecule has 0 aliphatic carbocycles. The van der Waals surface area contributed by atoms with Crippen molar-refractivity contribution in [1.29, 1.82) is 0 Å². The highest BCUT2D eigenvalue weighted by molar-refractivity contribution is 7.89. The van der Waals surface area contributed by atoms with Crippen molar-refractivity contribution in [2.45, 2.75) is 17.9 Å². The highest BCUT2D eigenvalue weighted by Gasteiger charge is 2.27. The van der Waals surface area contributed by atoms with E-state index in [0.29, 0.717) is 23.2 Å². The van der Waals surface area contributed by atoms with Crippen LogP contribution in [0.5, 0.6) is 5.75 Å². The molecule has 0 saturated carbocycles. The van der Waals surface area contributed by atoms with Gasteiger partial charge in [0.05, 0.1) is 18.2 Å². The highest BCUT2D eigenvalue weighted by atomic mass is 32.2. The molecule has 10 heteroatoms. The number of ether oxygens (including phenoxy) is 1. The Morgan fingerprint density at radius 1 is 1.12 bits per heavy atom. The van der Waals surface area contributed by atoms with Gasteiger partial charge in [-0.05, 0) is 37.3 Å². The van der Waals surface area contributed by atoms with E-state index < -0.39 is 10.0 Å². The molecule has 4 rings (SSSR count). The Bertz CT molecular complexity index is 1190. The molecule has 1 fully saturated rings. The molecule has 1 aliphatic heterocycles. The van der Waals surface area contributed by atoms with Crippen molar-refractivity contribution in [1.82, 2.24) is 9.97 Å². The molecule has 9 nitrogen and oxygen atoms in total. The molecule has 3 N–H and O–H groups in total. The predicted molar refractivity (Wildman–Crippen MR) is 125 cm³/mol. The highest BCUT2D eigenvalue weighted by Crippen LogP contribution is 2.30.